The van der Waals surface area contributed by atoms with E-state index in [2.05, 4.69) is 65.8 Å². The Morgan fingerprint density at radius 2 is 0.783 bits per heavy atom. The van der Waals surface area contributed by atoms with Gasteiger partial charge in [0.25, 0.3) is 0 Å². The standard InChI is InChI=1S/C21H30N2/c1-19(2,3)21(20(4,5)6,15-7-11-17(22)12-8-15)16-9-13-18(23)14-10-16/h7-14H,22-23H2,1-6H3. The molecule has 0 aliphatic carbocycles. The van der Waals surface area contributed by atoms with E-state index in [0.717, 1.165) is 11.4 Å². The van der Waals surface area contributed by atoms with Gasteiger partial charge in [-0.15, -0.1) is 0 Å². The third-order valence-corrected chi connectivity index (χ3v) is 4.94. The summed E-state index contributed by atoms with van der Waals surface area (Å²) in [6.45, 7) is 13.9. The van der Waals surface area contributed by atoms with Crippen molar-refractivity contribution in [2.24, 2.45) is 10.8 Å². The quantitative estimate of drug-likeness (QED) is 0.746. The van der Waals surface area contributed by atoms with Gasteiger partial charge < -0.3 is 11.5 Å². The van der Waals surface area contributed by atoms with Gasteiger partial charge >= 0.3 is 0 Å². The summed E-state index contributed by atoms with van der Waals surface area (Å²) in [6.07, 6.45) is 0. The van der Waals surface area contributed by atoms with E-state index >= 15 is 0 Å². The first kappa shape index (κ1) is 17.4. The highest BCUT2D eigenvalue weighted by Crippen LogP contribution is 2.57. The Balaban J connectivity index is 2.86. The zero-order valence-corrected chi connectivity index (χ0v) is 15.3. The van der Waals surface area contributed by atoms with E-state index < -0.39 is 0 Å². The zero-order chi connectivity index (χ0) is 17.5. The molecular weight excluding hydrogens is 280 g/mol. The van der Waals surface area contributed by atoms with Gasteiger partial charge in [0.15, 0.2) is 0 Å². The Labute approximate surface area is 140 Å². The minimum atomic E-state index is -0.165. The molecular formula is C21H30N2. The maximum absolute atomic E-state index is 5.93. The van der Waals surface area contributed by atoms with Crippen molar-refractivity contribution < 1.29 is 0 Å². The van der Waals surface area contributed by atoms with Crippen molar-refractivity contribution in [2.75, 3.05) is 11.5 Å². The lowest BCUT2D eigenvalue weighted by Gasteiger charge is -2.55. The largest absolute Gasteiger partial charge is 0.399 e. The summed E-state index contributed by atoms with van der Waals surface area (Å²) in [4.78, 5) is 0. The number of nitrogen functional groups attached to an aromatic ring is 2. The smallest absolute Gasteiger partial charge is 0.0314 e. The lowest BCUT2D eigenvalue weighted by Crippen LogP contribution is -2.51. The van der Waals surface area contributed by atoms with Crippen LogP contribution in [-0.2, 0) is 5.41 Å². The minimum Gasteiger partial charge on any atom is -0.399 e. The second kappa shape index (κ2) is 5.59. The first-order valence-electron chi connectivity index (χ1n) is 8.22. The maximum Gasteiger partial charge on any atom is 0.0314 e. The Morgan fingerprint density at radius 3 is 1.00 bits per heavy atom. The molecule has 23 heavy (non-hydrogen) atoms. The van der Waals surface area contributed by atoms with E-state index in [0.29, 0.717) is 0 Å². The molecule has 0 radical (unpaired) electrons. The third-order valence-electron chi connectivity index (χ3n) is 4.94. The van der Waals surface area contributed by atoms with Crippen molar-refractivity contribution >= 4 is 11.4 Å². The molecule has 124 valence electrons. The molecule has 0 unspecified atom stereocenters. The Hall–Kier alpha value is -1.96. The number of benzene rings is 2. The molecule has 2 aromatic rings. The highest BCUT2D eigenvalue weighted by atomic mass is 14.6. The average molecular weight is 310 g/mol. The van der Waals surface area contributed by atoms with Gasteiger partial charge in [-0.3, -0.25) is 0 Å². The topological polar surface area (TPSA) is 52.0 Å². The molecule has 4 N–H and O–H groups in total. The molecule has 0 spiro atoms. The van der Waals surface area contributed by atoms with Crippen molar-refractivity contribution in [3.63, 3.8) is 0 Å². The van der Waals surface area contributed by atoms with Gasteiger partial charge in [0, 0.05) is 16.8 Å². The zero-order valence-electron chi connectivity index (χ0n) is 15.3. The van der Waals surface area contributed by atoms with Crippen LogP contribution in [0.25, 0.3) is 0 Å². The normalized spacial score (nSPS) is 13.1. The molecule has 0 saturated heterocycles. The van der Waals surface area contributed by atoms with Crippen molar-refractivity contribution in [1.29, 1.82) is 0 Å². The third kappa shape index (κ3) is 2.83. The fourth-order valence-corrected chi connectivity index (χ4v) is 4.49. The molecule has 0 aromatic heterocycles. The summed E-state index contributed by atoms with van der Waals surface area (Å²) in [5.41, 5.74) is 15.9. The monoisotopic (exact) mass is 310 g/mol. The molecule has 2 rings (SSSR count). The van der Waals surface area contributed by atoms with Crippen LogP contribution in [-0.4, -0.2) is 0 Å². The fraction of sp³-hybridized carbons (Fsp3) is 0.429. The summed E-state index contributed by atoms with van der Waals surface area (Å²) in [5, 5.41) is 0. The highest BCUT2D eigenvalue weighted by Gasteiger charge is 2.52. The molecule has 2 nitrogen and oxygen atoms in total. The number of rotatable bonds is 2. The van der Waals surface area contributed by atoms with Crippen LogP contribution in [0.3, 0.4) is 0 Å². The number of hydrogen-bond donors (Lipinski definition) is 2. The van der Waals surface area contributed by atoms with Gasteiger partial charge in [-0.1, -0.05) is 65.8 Å². The number of anilines is 2. The summed E-state index contributed by atoms with van der Waals surface area (Å²) >= 11 is 0. The highest BCUT2D eigenvalue weighted by molar-refractivity contribution is 5.51. The van der Waals surface area contributed by atoms with Crippen LogP contribution in [0.4, 0.5) is 11.4 Å². The summed E-state index contributed by atoms with van der Waals surface area (Å²) in [7, 11) is 0. The molecule has 2 heteroatoms. The van der Waals surface area contributed by atoms with Gasteiger partial charge in [-0.2, -0.15) is 0 Å². The molecule has 0 atom stereocenters. The van der Waals surface area contributed by atoms with Gasteiger partial charge in [0.2, 0.25) is 0 Å². The van der Waals surface area contributed by atoms with E-state index in [-0.39, 0.29) is 16.2 Å². The first-order valence-corrected chi connectivity index (χ1v) is 8.22. The molecule has 0 fully saturated rings. The first-order chi connectivity index (χ1) is 10.5. The van der Waals surface area contributed by atoms with E-state index in [1.54, 1.807) is 0 Å². The second-order valence-corrected chi connectivity index (χ2v) is 8.49. The van der Waals surface area contributed by atoms with E-state index in [1.165, 1.54) is 11.1 Å². The second-order valence-electron chi connectivity index (χ2n) is 8.49. The summed E-state index contributed by atoms with van der Waals surface area (Å²) in [6, 6.07) is 16.7. The Bertz CT molecular complexity index is 591. The van der Waals surface area contributed by atoms with Crippen LogP contribution in [0, 0.1) is 10.8 Å². The molecule has 0 saturated carbocycles. The van der Waals surface area contributed by atoms with E-state index in [9.17, 15) is 0 Å². The predicted octanol–water partition coefficient (Wildman–Crippen LogP) is 5.23. The Morgan fingerprint density at radius 1 is 0.522 bits per heavy atom. The van der Waals surface area contributed by atoms with Crippen LogP contribution in [0.2, 0.25) is 0 Å². The van der Waals surface area contributed by atoms with Gasteiger partial charge in [-0.25, -0.2) is 0 Å². The van der Waals surface area contributed by atoms with Crippen LogP contribution < -0.4 is 11.5 Å². The fourth-order valence-electron chi connectivity index (χ4n) is 4.49. The molecule has 0 heterocycles. The summed E-state index contributed by atoms with van der Waals surface area (Å²) in [5.74, 6) is 0. The van der Waals surface area contributed by atoms with Crippen LogP contribution in [0.15, 0.2) is 48.5 Å². The maximum atomic E-state index is 5.93. The SMILES string of the molecule is CC(C)(C)C(c1ccc(N)cc1)(c1ccc(N)cc1)C(C)(C)C. The van der Waals surface area contributed by atoms with Crippen molar-refractivity contribution in [3.8, 4) is 0 Å². The van der Waals surface area contributed by atoms with Gasteiger partial charge in [0.1, 0.15) is 0 Å². The molecule has 2 aromatic carbocycles. The van der Waals surface area contributed by atoms with Gasteiger partial charge in [0.05, 0.1) is 0 Å². The van der Waals surface area contributed by atoms with E-state index in [1.807, 2.05) is 24.3 Å². The lowest BCUT2D eigenvalue weighted by atomic mass is 9.48. The average Bonchev–Trinajstić information content (AvgIpc) is 2.40. The van der Waals surface area contributed by atoms with Gasteiger partial charge in [-0.05, 0) is 46.2 Å². The van der Waals surface area contributed by atoms with Crippen molar-refractivity contribution in [1.82, 2.24) is 0 Å². The Kier molecular flexibility index (Phi) is 4.23. The molecule has 0 aliphatic rings. The van der Waals surface area contributed by atoms with E-state index in [4.69, 9.17) is 11.5 Å². The molecule has 0 aliphatic heterocycles. The van der Waals surface area contributed by atoms with Crippen LogP contribution >= 0.6 is 0 Å². The lowest BCUT2D eigenvalue weighted by molar-refractivity contribution is 0.0907. The minimum absolute atomic E-state index is 0.0114. The van der Waals surface area contributed by atoms with Crippen molar-refractivity contribution in [2.45, 2.75) is 47.0 Å². The van der Waals surface area contributed by atoms with Crippen molar-refractivity contribution in [3.05, 3.63) is 59.7 Å². The summed E-state index contributed by atoms with van der Waals surface area (Å²) < 4.78 is 0. The van der Waals surface area contributed by atoms with Crippen LogP contribution in [0.1, 0.15) is 52.7 Å². The van der Waals surface area contributed by atoms with Crippen LogP contribution in [0.5, 0.6) is 0 Å². The molecule has 0 bridgehead atoms. The molecule has 0 amide bonds. The predicted molar refractivity (Wildman–Crippen MR) is 101 cm³/mol. The number of nitrogens with two attached hydrogens (primary N) is 2. The number of hydrogen-bond acceptors (Lipinski definition) is 2.